The zero-order chi connectivity index (χ0) is 10.1. The van der Waals surface area contributed by atoms with Gasteiger partial charge in [0.05, 0.1) is 5.57 Å². The molecule has 0 spiro atoms. The SMILES string of the molecule is C=C1C=CC(C(F)(F)F)=CN1CC. The Balaban J connectivity index is 2.91. The van der Waals surface area contributed by atoms with Crippen molar-refractivity contribution in [2.45, 2.75) is 13.1 Å². The highest BCUT2D eigenvalue weighted by Gasteiger charge is 2.33. The van der Waals surface area contributed by atoms with Crippen molar-refractivity contribution in [3.63, 3.8) is 0 Å². The van der Waals surface area contributed by atoms with Crippen molar-refractivity contribution in [3.8, 4) is 0 Å². The zero-order valence-corrected chi connectivity index (χ0v) is 7.23. The predicted octanol–water partition coefficient (Wildman–Crippen LogP) is 2.84. The van der Waals surface area contributed by atoms with Crippen molar-refractivity contribution >= 4 is 0 Å². The summed E-state index contributed by atoms with van der Waals surface area (Å²) in [7, 11) is 0. The minimum atomic E-state index is -4.27. The van der Waals surface area contributed by atoms with Gasteiger partial charge in [0, 0.05) is 18.4 Å². The van der Waals surface area contributed by atoms with Gasteiger partial charge in [0.1, 0.15) is 0 Å². The van der Waals surface area contributed by atoms with Gasteiger partial charge in [-0.15, -0.1) is 0 Å². The summed E-state index contributed by atoms with van der Waals surface area (Å²) in [6.45, 7) is 5.87. The van der Waals surface area contributed by atoms with E-state index in [0.717, 1.165) is 12.3 Å². The normalized spacial score (nSPS) is 17.7. The molecule has 1 rings (SSSR count). The molecule has 0 amide bonds. The lowest BCUT2D eigenvalue weighted by Crippen LogP contribution is -2.22. The van der Waals surface area contributed by atoms with Crippen LogP contribution >= 0.6 is 0 Å². The highest BCUT2D eigenvalue weighted by atomic mass is 19.4. The quantitative estimate of drug-likeness (QED) is 0.613. The summed E-state index contributed by atoms with van der Waals surface area (Å²) >= 11 is 0. The summed E-state index contributed by atoms with van der Waals surface area (Å²) in [6.07, 6.45) is -0.798. The molecule has 0 bridgehead atoms. The Hall–Kier alpha value is -1.19. The molecule has 0 unspecified atom stereocenters. The first kappa shape index (κ1) is 9.89. The van der Waals surface area contributed by atoms with Crippen LogP contribution in [0.5, 0.6) is 0 Å². The molecule has 0 fully saturated rings. The fourth-order valence-electron chi connectivity index (χ4n) is 1.04. The lowest BCUT2D eigenvalue weighted by molar-refractivity contribution is -0.0893. The second-order valence-corrected chi connectivity index (χ2v) is 2.69. The van der Waals surface area contributed by atoms with Gasteiger partial charge in [-0.25, -0.2) is 0 Å². The molecular weight excluding hydrogens is 179 g/mol. The molecule has 1 nitrogen and oxygen atoms in total. The van der Waals surface area contributed by atoms with E-state index in [1.807, 2.05) is 0 Å². The third-order valence-corrected chi connectivity index (χ3v) is 1.79. The summed E-state index contributed by atoms with van der Waals surface area (Å²) in [4.78, 5) is 1.46. The molecule has 0 aromatic carbocycles. The molecule has 72 valence electrons. The Labute approximate surface area is 74.8 Å². The lowest BCUT2D eigenvalue weighted by Gasteiger charge is -2.24. The molecule has 0 saturated carbocycles. The minimum absolute atomic E-state index is 0.489. The number of nitrogens with zero attached hydrogens (tertiary/aromatic N) is 1. The van der Waals surface area contributed by atoms with Crippen molar-refractivity contribution in [2.75, 3.05) is 6.54 Å². The maximum atomic E-state index is 12.2. The first-order chi connectivity index (χ1) is 5.95. The lowest BCUT2D eigenvalue weighted by atomic mass is 10.1. The van der Waals surface area contributed by atoms with Gasteiger partial charge in [0.2, 0.25) is 0 Å². The summed E-state index contributed by atoms with van der Waals surface area (Å²) < 4.78 is 36.6. The number of rotatable bonds is 1. The van der Waals surface area contributed by atoms with Crippen LogP contribution < -0.4 is 0 Å². The second-order valence-electron chi connectivity index (χ2n) is 2.69. The van der Waals surface area contributed by atoms with Crippen LogP contribution in [0.15, 0.2) is 36.2 Å². The summed E-state index contributed by atoms with van der Waals surface area (Å²) in [6, 6.07) is 0. The van der Waals surface area contributed by atoms with Crippen LogP contribution in [0.2, 0.25) is 0 Å². The van der Waals surface area contributed by atoms with E-state index in [2.05, 4.69) is 6.58 Å². The van der Waals surface area contributed by atoms with Crippen LogP contribution in [0.1, 0.15) is 6.92 Å². The van der Waals surface area contributed by atoms with Gasteiger partial charge in [-0.3, -0.25) is 0 Å². The third kappa shape index (κ3) is 2.14. The van der Waals surface area contributed by atoms with E-state index in [1.54, 1.807) is 6.92 Å². The van der Waals surface area contributed by atoms with Crippen molar-refractivity contribution in [1.29, 1.82) is 0 Å². The number of alkyl halides is 3. The molecule has 0 aromatic heterocycles. The van der Waals surface area contributed by atoms with Gasteiger partial charge in [-0.05, 0) is 19.1 Å². The molecule has 13 heavy (non-hydrogen) atoms. The summed E-state index contributed by atoms with van der Waals surface area (Å²) in [5.74, 6) is 0. The number of halogens is 3. The molecule has 0 N–H and O–H groups in total. The average Bonchev–Trinajstić information content (AvgIpc) is 2.03. The second kappa shape index (κ2) is 3.28. The molecule has 0 aliphatic carbocycles. The van der Waals surface area contributed by atoms with Gasteiger partial charge in [0.15, 0.2) is 0 Å². The summed E-state index contributed by atoms with van der Waals surface area (Å²) in [5.41, 5.74) is -0.0581. The monoisotopic (exact) mass is 189 g/mol. The fourth-order valence-corrected chi connectivity index (χ4v) is 1.04. The minimum Gasteiger partial charge on any atom is -0.348 e. The van der Waals surface area contributed by atoms with E-state index in [9.17, 15) is 13.2 Å². The van der Waals surface area contributed by atoms with Crippen LogP contribution in [0.3, 0.4) is 0 Å². The van der Waals surface area contributed by atoms with E-state index in [0.29, 0.717) is 12.2 Å². The van der Waals surface area contributed by atoms with E-state index in [4.69, 9.17) is 0 Å². The maximum absolute atomic E-state index is 12.2. The zero-order valence-electron chi connectivity index (χ0n) is 7.23. The summed E-state index contributed by atoms with van der Waals surface area (Å²) in [5, 5.41) is 0. The number of hydrogen-bond acceptors (Lipinski definition) is 1. The molecule has 0 radical (unpaired) electrons. The van der Waals surface area contributed by atoms with Crippen molar-refractivity contribution in [1.82, 2.24) is 4.90 Å². The van der Waals surface area contributed by atoms with Crippen LogP contribution in [0, 0.1) is 0 Å². The molecule has 1 aliphatic rings. The predicted molar refractivity (Wildman–Crippen MR) is 44.8 cm³/mol. The number of likely N-dealkylation sites (N-methyl/N-ethyl adjacent to an activating group) is 1. The number of allylic oxidation sites excluding steroid dienone is 3. The van der Waals surface area contributed by atoms with E-state index in [1.165, 1.54) is 11.0 Å². The molecule has 1 heterocycles. The Kier molecular flexibility index (Phi) is 2.50. The standard InChI is InChI=1S/C9H10F3N/c1-3-13-6-8(9(10,11)12)5-4-7(13)2/h4-6H,2-3H2,1H3. The molecular formula is C9H10F3N. The fraction of sp³-hybridized carbons (Fsp3) is 0.333. The van der Waals surface area contributed by atoms with Gasteiger partial charge in [0.25, 0.3) is 0 Å². The first-order valence-electron chi connectivity index (χ1n) is 3.87. The Morgan fingerprint density at radius 2 is 2.00 bits per heavy atom. The number of hydrogen-bond donors (Lipinski definition) is 0. The Bertz CT molecular complexity index is 273. The Morgan fingerprint density at radius 1 is 1.38 bits per heavy atom. The molecule has 1 aliphatic heterocycles. The van der Waals surface area contributed by atoms with Gasteiger partial charge < -0.3 is 4.90 Å². The largest absolute Gasteiger partial charge is 0.417 e. The van der Waals surface area contributed by atoms with E-state index in [-0.39, 0.29) is 0 Å². The molecule has 0 saturated heterocycles. The maximum Gasteiger partial charge on any atom is 0.417 e. The van der Waals surface area contributed by atoms with Crippen molar-refractivity contribution in [3.05, 3.63) is 36.2 Å². The Morgan fingerprint density at radius 3 is 2.46 bits per heavy atom. The average molecular weight is 189 g/mol. The van der Waals surface area contributed by atoms with Crippen LogP contribution in [0.25, 0.3) is 0 Å². The first-order valence-corrected chi connectivity index (χ1v) is 3.87. The highest BCUT2D eigenvalue weighted by Crippen LogP contribution is 2.30. The van der Waals surface area contributed by atoms with Crippen molar-refractivity contribution < 1.29 is 13.2 Å². The van der Waals surface area contributed by atoms with Crippen LogP contribution in [-0.2, 0) is 0 Å². The van der Waals surface area contributed by atoms with Crippen LogP contribution in [0.4, 0.5) is 13.2 Å². The van der Waals surface area contributed by atoms with E-state index >= 15 is 0 Å². The molecule has 4 heteroatoms. The van der Waals surface area contributed by atoms with Crippen LogP contribution in [-0.4, -0.2) is 17.6 Å². The van der Waals surface area contributed by atoms with Gasteiger partial charge >= 0.3 is 6.18 Å². The van der Waals surface area contributed by atoms with E-state index < -0.39 is 11.7 Å². The van der Waals surface area contributed by atoms with Gasteiger partial charge in [-0.1, -0.05) is 6.58 Å². The van der Waals surface area contributed by atoms with Crippen molar-refractivity contribution in [2.24, 2.45) is 0 Å². The third-order valence-electron chi connectivity index (χ3n) is 1.79. The molecule has 0 atom stereocenters. The topological polar surface area (TPSA) is 3.24 Å². The molecule has 0 aromatic rings. The highest BCUT2D eigenvalue weighted by molar-refractivity contribution is 5.34. The smallest absolute Gasteiger partial charge is 0.348 e. The van der Waals surface area contributed by atoms with Gasteiger partial charge in [-0.2, -0.15) is 13.2 Å².